The summed E-state index contributed by atoms with van der Waals surface area (Å²) in [4.78, 5) is 11.4. The van der Waals surface area contributed by atoms with Crippen molar-refractivity contribution >= 4 is 16.1 Å². The molecular formula is C25H33N3O6S. The van der Waals surface area contributed by atoms with Crippen LogP contribution in [0.4, 0.5) is 4.79 Å². The van der Waals surface area contributed by atoms with Crippen LogP contribution in [0.15, 0.2) is 59.5 Å². The van der Waals surface area contributed by atoms with Gasteiger partial charge in [-0.15, -0.1) is 0 Å². The Bertz CT molecular complexity index is 1100. The summed E-state index contributed by atoms with van der Waals surface area (Å²) in [5.74, 6) is 0.499. The highest BCUT2D eigenvalue weighted by Gasteiger charge is 2.34. The van der Waals surface area contributed by atoms with E-state index in [4.69, 9.17) is 10.00 Å². The Morgan fingerprint density at radius 2 is 1.80 bits per heavy atom. The molecule has 0 radical (unpaired) electrons. The quantitative estimate of drug-likeness (QED) is 0.381. The van der Waals surface area contributed by atoms with Crippen LogP contribution in [0, 0.1) is 16.7 Å². The van der Waals surface area contributed by atoms with Crippen molar-refractivity contribution in [2.24, 2.45) is 5.41 Å². The summed E-state index contributed by atoms with van der Waals surface area (Å²) < 4.78 is 33.5. The van der Waals surface area contributed by atoms with Crippen molar-refractivity contribution in [1.82, 2.24) is 9.62 Å². The Morgan fingerprint density at radius 1 is 1.17 bits per heavy atom. The van der Waals surface area contributed by atoms with E-state index in [0.29, 0.717) is 12.2 Å². The number of hydrogen-bond acceptors (Lipinski definition) is 6. The average Bonchev–Trinajstić information content (AvgIpc) is 2.82. The molecule has 0 aliphatic rings. The predicted octanol–water partition coefficient (Wildman–Crippen LogP) is 3.26. The Kier molecular flexibility index (Phi) is 10.1. The van der Waals surface area contributed by atoms with Crippen LogP contribution in [-0.4, -0.2) is 61.4 Å². The van der Waals surface area contributed by atoms with Gasteiger partial charge in [0.15, 0.2) is 0 Å². The van der Waals surface area contributed by atoms with Gasteiger partial charge in [-0.05, 0) is 48.1 Å². The number of aliphatic hydroxyl groups excluding tert-OH is 1. The van der Waals surface area contributed by atoms with Crippen molar-refractivity contribution in [2.75, 3.05) is 20.2 Å². The normalized spacial score (nSPS) is 13.6. The number of sulfonamides is 1. The third-order valence-electron chi connectivity index (χ3n) is 5.68. The molecule has 2 rings (SSSR count). The molecule has 0 saturated carbocycles. The van der Waals surface area contributed by atoms with E-state index in [9.17, 15) is 23.4 Å². The molecule has 0 aliphatic carbocycles. The fourth-order valence-electron chi connectivity index (χ4n) is 3.74. The van der Waals surface area contributed by atoms with E-state index in [1.807, 2.05) is 19.9 Å². The summed E-state index contributed by atoms with van der Waals surface area (Å²) in [5, 5.41) is 31.7. The number of amides is 1. The van der Waals surface area contributed by atoms with Gasteiger partial charge in [-0.3, -0.25) is 0 Å². The first-order chi connectivity index (χ1) is 16.5. The van der Waals surface area contributed by atoms with E-state index in [0.717, 1.165) is 5.56 Å². The molecule has 0 spiro atoms. The number of nitrogens with zero attached hydrogens (tertiary/aromatic N) is 2. The molecule has 0 aliphatic heterocycles. The van der Waals surface area contributed by atoms with Gasteiger partial charge in [0.1, 0.15) is 5.75 Å². The number of benzene rings is 2. The van der Waals surface area contributed by atoms with Gasteiger partial charge in [-0.25, -0.2) is 13.2 Å². The Labute approximate surface area is 207 Å². The SMILES string of the molecule is COc1ccc(S(=O)(=O)N(C[C@@H](O)[C@H](Cc2ccccc2)NC(=O)O)CC(C)(C)CCC#N)cc1. The summed E-state index contributed by atoms with van der Waals surface area (Å²) in [6.45, 7) is 3.40. The highest BCUT2D eigenvalue weighted by Crippen LogP contribution is 2.28. The third-order valence-corrected chi connectivity index (χ3v) is 7.50. The first kappa shape index (κ1) is 28.1. The van der Waals surface area contributed by atoms with E-state index < -0.39 is 33.7 Å². The minimum absolute atomic E-state index is 0.0207. The zero-order valence-electron chi connectivity index (χ0n) is 20.2. The molecule has 3 N–H and O–H groups in total. The Hall–Kier alpha value is -3.13. The first-order valence-corrected chi connectivity index (χ1v) is 12.6. The molecule has 0 bridgehead atoms. The Balaban J connectivity index is 2.37. The second-order valence-corrected chi connectivity index (χ2v) is 11.0. The minimum atomic E-state index is -4.05. The number of methoxy groups -OCH3 is 1. The fraction of sp³-hybridized carbons (Fsp3) is 0.440. The molecule has 2 atom stereocenters. The number of rotatable bonds is 13. The van der Waals surface area contributed by atoms with Crippen LogP contribution in [0.1, 0.15) is 32.3 Å². The highest BCUT2D eigenvalue weighted by atomic mass is 32.2. The second kappa shape index (κ2) is 12.5. The van der Waals surface area contributed by atoms with Crippen molar-refractivity contribution in [3.8, 4) is 11.8 Å². The zero-order chi connectivity index (χ0) is 26.1. The average molecular weight is 504 g/mol. The minimum Gasteiger partial charge on any atom is -0.497 e. The molecule has 2 aromatic carbocycles. The lowest BCUT2D eigenvalue weighted by Crippen LogP contribution is -2.51. The van der Waals surface area contributed by atoms with Crippen LogP contribution in [0.2, 0.25) is 0 Å². The topological polar surface area (TPSA) is 140 Å². The Morgan fingerprint density at radius 3 is 2.34 bits per heavy atom. The van der Waals surface area contributed by atoms with Crippen LogP contribution in [0.25, 0.3) is 0 Å². The summed E-state index contributed by atoms with van der Waals surface area (Å²) in [5.41, 5.74) is 0.230. The van der Waals surface area contributed by atoms with Gasteiger partial charge >= 0.3 is 6.09 Å². The van der Waals surface area contributed by atoms with Crippen LogP contribution >= 0.6 is 0 Å². The summed E-state index contributed by atoms with van der Waals surface area (Å²) in [6, 6.07) is 16.1. The number of carbonyl (C=O) groups is 1. The molecule has 0 fully saturated rings. The standard InChI is InChI=1S/C25H33N3O6S/c1-25(2,14-7-15-26)18-28(35(32,33)21-12-10-20(34-3)11-13-21)17-23(29)22(27-24(30)31)16-19-8-5-4-6-9-19/h4-6,8-13,22-23,27,29H,7,14,16-18H2,1-3H3,(H,30,31)/t22-,23+/m0/s1. The van der Waals surface area contributed by atoms with Gasteiger partial charge in [0, 0.05) is 19.5 Å². The highest BCUT2D eigenvalue weighted by molar-refractivity contribution is 7.89. The lowest BCUT2D eigenvalue weighted by Gasteiger charge is -2.34. The molecule has 35 heavy (non-hydrogen) atoms. The molecule has 2 aromatic rings. The second-order valence-electron chi connectivity index (χ2n) is 9.11. The lowest BCUT2D eigenvalue weighted by molar-refractivity contribution is 0.0908. The molecule has 1 amide bonds. The van der Waals surface area contributed by atoms with E-state index in [-0.39, 0.29) is 30.8 Å². The van der Waals surface area contributed by atoms with Crippen molar-refractivity contribution in [3.63, 3.8) is 0 Å². The van der Waals surface area contributed by atoms with Crippen molar-refractivity contribution in [2.45, 2.75) is 50.2 Å². The number of carboxylic acid groups (broad SMARTS) is 1. The molecule has 0 saturated heterocycles. The summed E-state index contributed by atoms with van der Waals surface area (Å²) in [6.07, 6.45) is -1.75. The molecule has 0 unspecified atom stereocenters. The fourth-order valence-corrected chi connectivity index (χ4v) is 5.39. The van der Waals surface area contributed by atoms with Gasteiger partial charge in [-0.2, -0.15) is 9.57 Å². The summed E-state index contributed by atoms with van der Waals surface area (Å²) >= 11 is 0. The van der Waals surface area contributed by atoms with Crippen LogP contribution in [0.5, 0.6) is 5.75 Å². The molecule has 9 nitrogen and oxygen atoms in total. The van der Waals surface area contributed by atoms with Gasteiger partial charge in [0.2, 0.25) is 10.0 Å². The monoisotopic (exact) mass is 503 g/mol. The van der Waals surface area contributed by atoms with Gasteiger partial charge < -0.3 is 20.3 Å². The molecular weight excluding hydrogens is 470 g/mol. The molecule has 10 heteroatoms. The smallest absolute Gasteiger partial charge is 0.404 e. The summed E-state index contributed by atoms with van der Waals surface area (Å²) in [7, 11) is -2.58. The maximum Gasteiger partial charge on any atom is 0.404 e. The van der Waals surface area contributed by atoms with Crippen LogP contribution in [0.3, 0.4) is 0 Å². The lowest BCUT2D eigenvalue weighted by atomic mass is 9.88. The van der Waals surface area contributed by atoms with Gasteiger partial charge in [0.05, 0.1) is 30.2 Å². The molecule has 0 heterocycles. The number of ether oxygens (including phenoxy) is 1. The van der Waals surface area contributed by atoms with Crippen molar-refractivity contribution in [1.29, 1.82) is 5.26 Å². The molecule has 0 aromatic heterocycles. The maximum absolute atomic E-state index is 13.6. The third kappa shape index (κ3) is 8.55. The first-order valence-electron chi connectivity index (χ1n) is 11.2. The van der Waals surface area contributed by atoms with E-state index in [1.54, 1.807) is 24.3 Å². The van der Waals surface area contributed by atoms with E-state index >= 15 is 0 Å². The van der Waals surface area contributed by atoms with Gasteiger partial charge in [-0.1, -0.05) is 44.2 Å². The van der Waals surface area contributed by atoms with E-state index in [1.165, 1.54) is 35.7 Å². The number of hydrogen-bond donors (Lipinski definition) is 3. The van der Waals surface area contributed by atoms with Crippen molar-refractivity contribution < 1.29 is 28.2 Å². The molecule has 190 valence electrons. The number of nitrogens with one attached hydrogen (secondary N) is 1. The largest absolute Gasteiger partial charge is 0.497 e. The maximum atomic E-state index is 13.6. The van der Waals surface area contributed by atoms with E-state index in [2.05, 4.69) is 11.4 Å². The van der Waals surface area contributed by atoms with Crippen LogP contribution < -0.4 is 10.1 Å². The number of aliphatic hydroxyl groups is 1. The number of nitriles is 1. The predicted molar refractivity (Wildman–Crippen MR) is 131 cm³/mol. The zero-order valence-corrected chi connectivity index (χ0v) is 21.0. The van der Waals surface area contributed by atoms with Crippen LogP contribution in [-0.2, 0) is 16.4 Å². The van der Waals surface area contributed by atoms with Crippen molar-refractivity contribution in [3.05, 3.63) is 60.2 Å². The van der Waals surface area contributed by atoms with Gasteiger partial charge in [0.25, 0.3) is 0 Å².